The summed E-state index contributed by atoms with van der Waals surface area (Å²) < 4.78 is 9.09. The van der Waals surface area contributed by atoms with Crippen molar-refractivity contribution in [2.75, 3.05) is 0 Å². The fraction of sp³-hybridized carbons (Fsp3) is 0.333. The van der Waals surface area contributed by atoms with Crippen LogP contribution in [0.5, 0.6) is 0 Å². The van der Waals surface area contributed by atoms with Crippen LogP contribution in [0.25, 0.3) is 5.69 Å². The third-order valence-corrected chi connectivity index (χ3v) is 4.58. The number of aromatic nitrogens is 5. The molecule has 2 aromatic heterocycles. The lowest BCUT2D eigenvalue weighted by molar-refractivity contribution is -0.150. The van der Waals surface area contributed by atoms with Crippen LogP contribution < -0.4 is 0 Å². The van der Waals surface area contributed by atoms with Gasteiger partial charge in [0.05, 0.1) is 17.8 Å². The predicted octanol–water partition coefficient (Wildman–Crippen LogP) is 2.41. The number of esters is 1. The van der Waals surface area contributed by atoms with E-state index in [2.05, 4.69) is 15.2 Å². The minimum Gasteiger partial charge on any atom is -0.458 e. The number of ether oxygens (including phenoxy) is 1. The monoisotopic (exact) mass is 337 g/mol. The molecule has 7 heteroatoms. The second-order valence-corrected chi connectivity index (χ2v) is 6.41. The number of benzene rings is 1. The summed E-state index contributed by atoms with van der Waals surface area (Å²) in [6.45, 7) is 1.89. The van der Waals surface area contributed by atoms with Gasteiger partial charge in [-0.15, -0.1) is 0 Å². The van der Waals surface area contributed by atoms with E-state index in [0.717, 1.165) is 23.2 Å². The minimum absolute atomic E-state index is 0.0546. The third kappa shape index (κ3) is 3.17. The molecule has 0 radical (unpaired) electrons. The summed E-state index contributed by atoms with van der Waals surface area (Å²) in [6, 6.07) is 7.76. The van der Waals surface area contributed by atoms with Gasteiger partial charge in [0.15, 0.2) is 0 Å². The summed E-state index contributed by atoms with van der Waals surface area (Å²) in [4.78, 5) is 16.3. The average molecular weight is 337 g/mol. The lowest BCUT2D eigenvalue weighted by atomic mass is 10.1. The lowest BCUT2D eigenvalue weighted by Crippen LogP contribution is -2.11. The maximum Gasteiger partial charge on any atom is 0.310 e. The van der Waals surface area contributed by atoms with Gasteiger partial charge < -0.3 is 4.74 Å². The van der Waals surface area contributed by atoms with Crippen LogP contribution in [-0.4, -0.2) is 30.5 Å². The Morgan fingerprint density at radius 3 is 2.72 bits per heavy atom. The molecule has 1 saturated carbocycles. The van der Waals surface area contributed by atoms with Gasteiger partial charge in [0.25, 0.3) is 0 Å². The van der Waals surface area contributed by atoms with E-state index >= 15 is 0 Å². The molecule has 2 heterocycles. The van der Waals surface area contributed by atoms with Gasteiger partial charge in [-0.1, -0.05) is 12.1 Å². The molecule has 4 rings (SSSR count). The fourth-order valence-corrected chi connectivity index (χ4v) is 3.02. The van der Waals surface area contributed by atoms with Crippen LogP contribution >= 0.6 is 0 Å². The Kier molecular flexibility index (Phi) is 3.83. The molecule has 7 nitrogen and oxygen atoms in total. The Morgan fingerprint density at radius 2 is 2.08 bits per heavy atom. The number of hydrogen-bond acceptors (Lipinski definition) is 5. The Labute approximate surface area is 145 Å². The minimum atomic E-state index is -0.285. The van der Waals surface area contributed by atoms with E-state index in [1.165, 1.54) is 6.33 Å². The highest BCUT2D eigenvalue weighted by Gasteiger charge is 2.46. The maximum atomic E-state index is 12.4. The van der Waals surface area contributed by atoms with E-state index in [4.69, 9.17) is 4.74 Å². The number of aryl methyl sites for hydroxylation is 1. The first-order valence-electron chi connectivity index (χ1n) is 8.26. The van der Waals surface area contributed by atoms with E-state index in [-0.39, 0.29) is 23.9 Å². The topological polar surface area (TPSA) is 74.8 Å². The molecule has 25 heavy (non-hydrogen) atoms. The molecule has 1 aliphatic rings. The first-order chi connectivity index (χ1) is 12.1. The Bertz CT molecular complexity index is 869. The van der Waals surface area contributed by atoms with Crippen molar-refractivity contribution in [1.29, 1.82) is 0 Å². The van der Waals surface area contributed by atoms with Crippen molar-refractivity contribution in [3.05, 3.63) is 60.4 Å². The van der Waals surface area contributed by atoms with Crippen LogP contribution in [0.3, 0.4) is 0 Å². The molecule has 128 valence electrons. The Balaban J connectivity index is 1.37. The van der Waals surface area contributed by atoms with Crippen molar-refractivity contribution < 1.29 is 9.53 Å². The molecule has 1 aliphatic carbocycles. The summed E-state index contributed by atoms with van der Waals surface area (Å²) in [7, 11) is 1.88. The van der Waals surface area contributed by atoms with Crippen molar-refractivity contribution in [2.24, 2.45) is 13.0 Å². The first-order valence-corrected chi connectivity index (χ1v) is 8.26. The van der Waals surface area contributed by atoms with Crippen LogP contribution in [0.15, 0.2) is 49.3 Å². The molecular formula is C18H19N5O2. The summed E-state index contributed by atoms with van der Waals surface area (Å²) in [5.41, 5.74) is 2.98. The van der Waals surface area contributed by atoms with Crippen LogP contribution in [0.1, 0.15) is 36.5 Å². The summed E-state index contributed by atoms with van der Waals surface area (Å²) in [6.07, 6.45) is 7.47. The van der Waals surface area contributed by atoms with Crippen molar-refractivity contribution in [3.8, 4) is 5.69 Å². The normalized spacial score (nSPS) is 20.2. The number of carbonyl (C=O) groups excluding carboxylic acids is 1. The zero-order valence-corrected chi connectivity index (χ0v) is 14.1. The highest BCUT2D eigenvalue weighted by atomic mass is 16.5. The first kappa shape index (κ1) is 15.6. The van der Waals surface area contributed by atoms with Gasteiger partial charge in [0, 0.05) is 19.2 Å². The van der Waals surface area contributed by atoms with Crippen LogP contribution in [0.4, 0.5) is 0 Å². The molecule has 1 fully saturated rings. The number of rotatable bonds is 5. The molecule has 0 amide bonds. The van der Waals surface area contributed by atoms with Crippen molar-refractivity contribution in [1.82, 2.24) is 24.5 Å². The average Bonchev–Trinajstić information content (AvgIpc) is 3.02. The van der Waals surface area contributed by atoms with Crippen LogP contribution in [0, 0.1) is 5.92 Å². The fourth-order valence-electron chi connectivity index (χ4n) is 3.02. The van der Waals surface area contributed by atoms with E-state index in [9.17, 15) is 4.79 Å². The number of hydrogen-bond donors (Lipinski definition) is 0. The summed E-state index contributed by atoms with van der Waals surface area (Å²) >= 11 is 0. The molecule has 0 unspecified atom stereocenters. The largest absolute Gasteiger partial charge is 0.458 e. The zero-order chi connectivity index (χ0) is 17.4. The van der Waals surface area contributed by atoms with Gasteiger partial charge in [0.1, 0.15) is 18.8 Å². The van der Waals surface area contributed by atoms with Gasteiger partial charge in [-0.2, -0.15) is 10.2 Å². The summed E-state index contributed by atoms with van der Waals surface area (Å²) in [5, 5.41) is 8.26. The maximum absolute atomic E-state index is 12.4. The summed E-state index contributed by atoms with van der Waals surface area (Å²) in [5.74, 6) is 0.0471. The standard InChI is InChI=1S/C18H19N5O2/c1-12(13-3-5-15(6-4-13)23-11-19-10-21-23)25-18(24)17-7-16(17)14-8-20-22(2)9-14/h3-6,8-12,16-17H,7H2,1-2H3/t12-,16-,17+/m0/s1. The molecule has 0 saturated heterocycles. The third-order valence-electron chi connectivity index (χ3n) is 4.58. The predicted molar refractivity (Wildman–Crippen MR) is 89.9 cm³/mol. The van der Waals surface area contributed by atoms with Gasteiger partial charge >= 0.3 is 5.97 Å². The smallest absolute Gasteiger partial charge is 0.310 e. The van der Waals surface area contributed by atoms with Crippen LogP contribution in [-0.2, 0) is 16.6 Å². The number of carbonyl (C=O) groups is 1. The molecule has 0 spiro atoms. The lowest BCUT2D eigenvalue weighted by Gasteiger charge is -2.14. The van der Waals surface area contributed by atoms with Crippen LogP contribution in [0.2, 0.25) is 0 Å². The molecular weight excluding hydrogens is 318 g/mol. The zero-order valence-electron chi connectivity index (χ0n) is 14.1. The van der Waals surface area contributed by atoms with E-state index in [1.54, 1.807) is 15.7 Å². The Morgan fingerprint density at radius 1 is 1.28 bits per heavy atom. The van der Waals surface area contributed by atoms with Crippen molar-refractivity contribution >= 4 is 5.97 Å². The van der Waals surface area contributed by atoms with E-state index in [1.807, 2.05) is 50.6 Å². The second-order valence-electron chi connectivity index (χ2n) is 6.41. The molecule has 3 atom stereocenters. The van der Waals surface area contributed by atoms with E-state index < -0.39 is 0 Å². The van der Waals surface area contributed by atoms with Gasteiger partial charge in [0.2, 0.25) is 0 Å². The van der Waals surface area contributed by atoms with Gasteiger partial charge in [-0.05, 0) is 36.6 Å². The quantitative estimate of drug-likeness (QED) is 0.668. The molecule has 0 bridgehead atoms. The van der Waals surface area contributed by atoms with Crippen molar-refractivity contribution in [3.63, 3.8) is 0 Å². The molecule has 3 aromatic rings. The van der Waals surface area contributed by atoms with Gasteiger partial charge in [-0.3, -0.25) is 9.48 Å². The van der Waals surface area contributed by atoms with Crippen molar-refractivity contribution in [2.45, 2.75) is 25.4 Å². The molecule has 0 N–H and O–H groups in total. The molecule has 1 aromatic carbocycles. The SMILES string of the molecule is C[C@H](OC(=O)[C@@H]1C[C@H]1c1cnn(C)c1)c1ccc(-n2cncn2)cc1. The van der Waals surface area contributed by atoms with Gasteiger partial charge in [-0.25, -0.2) is 9.67 Å². The second kappa shape index (κ2) is 6.16. The number of nitrogens with zero attached hydrogens (tertiary/aromatic N) is 5. The highest BCUT2D eigenvalue weighted by molar-refractivity contribution is 5.77. The molecule has 0 aliphatic heterocycles. The van der Waals surface area contributed by atoms with E-state index in [0.29, 0.717) is 0 Å². The Hall–Kier alpha value is -2.96. The highest BCUT2D eigenvalue weighted by Crippen LogP contribution is 2.48.